The average Bonchev–Trinajstić information content (AvgIpc) is 3.38. The number of aryl methyl sites for hydroxylation is 1. The summed E-state index contributed by atoms with van der Waals surface area (Å²) in [5.41, 5.74) is 4.70. The number of likely N-dealkylation sites (tertiary alicyclic amines) is 1. The largest absolute Gasteiger partial charge is 0.437 e. The van der Waals surface area contributed by atoms with Crippen LogP contribution in [0.25, 0.3) is 16.7 Å². The predicted octanol–water partition coefficient (Wildman–Crippen LogP) is 6.02. The molecule has 39 heavy (non-hydrogen) atoms. The summed E-state index contributed by atoms with van der Waals surface area (Å²) in [7, 11) is 4.01. The van der Waals surface area contributed by atoms with Crippen molar-refractivity contribution in [1.82, 2.24) is 14.8 Å². The van der Waals surface area contributed by atoms with Gasteiger partial charge in [-0.15, -0.1) is 23.4 Å². The lowest BCUT2D eigenvalue weighted by molar-refractivity contribution is -0.129. The lowest BCUT2D eigenvalue weighted by atomic mass is 9.86. The third kappa shape index (κ3) is 5.52. The second kappa shape index (κ2) is 11.7. The monoisotopic (exact) mass is 585 g/mol. The summed E-state index contributed by atoms with van der Waals surface area (Å²) in [6.07, 6.45) is 7.89. The van der Waals surface area contributed by atoms with E-state index < -0.39 is 10.1 Å². The number of aliphatic hydroxyl groups is 1. The Morgan fingerprint density at radius 1 is 1.28 bits per heavy atom. The van der Waals surface area contributed by atoms with Crippen molar-refractivity contribution in [1.29, 1.82) is 0 Å². The Morgan fingerprint density at radius 3 is 2.74 bits per heavy atom. The Morgan fingerprint density at radius 2 is 2.03 bits per heavy atom. The second-order valence-electron chi connectivity index (χ2n) is 10.4. The molecule has 1 N–H and O–H groups in total. The molecule has 3 aromatic rings. The molecule has 2 heterocycles. The van der Waals surface area contributed by atoms with Crippen molar-refractivity contribution in [2.24, 2.45) is 0 Å². The van der Waals surface area contributed by atoms with E-state index in [0.29, 0.717) is 27.6 Å². The second-order valence-corrected chi connectivity index (χ2v) is 12.5. The molecule has 1 amide bonds. The fourth-order valence-electron chi connectivity index (χ4n) is 5.35. The van der Waals surface area contributed by atoms with E-state index >= 15 is 0 Å². The van der Waals surface area contributed by atoms with Crippen LogP contribution >= 0.6 is 35.0 Å². The fraction of sp³-hybridized carbons (Fsp3) is 0.400. The SMILES string of the molecule is Cc1ccccc1C1=CC=CC(SCC(=O)N(C)C2CCN(C)CC2)(c2nc3cc(CO)cc(Cl)c3o2)C1Cl. The number of aromatic nitrogens is 1. The predicted molar refractivity (Wildman–Crippen MR) is 160 cm³/mol. The molecular weight excluding hydrogens is 553 g/mol. The van der Waals surface area contributed by atoms with Gasteiger partial charge < -0.3 is 19.3 Å². The van der Waals surface area contributed by atoms with Crippen LogP contribution in [0.15, 0.2) is 59.0 Å². The fourth-order valence-corrected chi connectivity index (χ4v) is 7.40. The highest BCUT2D eigenvalue weighted by Gasteiger charge is 2.47. The van der Waals surface area contributed by atoms with Crippen LogP contribution in [-0.2, 0) is 16.1 Å². The van der Waals surface area contributed by atoms with Crippen molar-refractivity contribution in [3.63, 3.8) is 0 Å². The number of hydrogen-bond acceptors (Lipinski definition) is 6. The number of thioether (sulfide) groups is 1. The van der Waals surface area contributed by atoms with E-state index in [4.69, 9.17) is 32.6 Å². The van der Waals surface area contributed by atoms with Gasteiger partial charge in [0.05, 0.1) is 22.8 Å². The van der Waals surface area contributed by atoms with Crippen LogP contribution in [0.3, 0.4) is 0 Å². The highest BCUT2D eigenvalue weighted by molar-refractivity contribution is 8.01. The van der Waals surface area contributed by atoms with Gasteiger partial charge >= 0.3 is 0 Å². The Kier molecular flexibility index (Phi) is 8.45. The highest BCUT2D eigenvalue weighted by atomic mass is 35.5. The molecule has 1 saturated heterocycles. The molecule has 0 spiro atoms. The van der Waals surface area contributed by atoms with E-state index in [2.05, 4.69) is 31.0 Å². The molecule has 0 bridgehead atoms. The number of hydrogen-bond donors (Lipinski definition) is 1. The minimum Gasteiger partial charge on any atom is -0.437 e. The first-order valence-electron chi connectivity index (χ1n) is 13.1. The van der Waals surface area contributed by atoms with Crippen molar-refractivity contribution in [3.8, 4) is 0 Å². The Labute approximate surface area is 243 Å². The maximum Gasteiger partial charge on any atom is 0.232 e. The summed E-state index contributed by atoms with van der Waals surface area (Å²) in [6.45, 7) is 3.86. The normalized spacial score (nSPS) is 22.3. The number of rotatable bonds is 7. The number of piperidine rings is 1. The van der Waals surface area contributed by atoms with Gasteiger partial charge in [0.25, 0.3) is 0 Å². The number of fused-ring (bicyclic) bond motifs is 1. The van der Waals surface area contributed by atoms with Gasteiger partial charge in [-0.3, -0.25) is 4.79 Å². The van der Waals surface area contributed by atoms with Gasteiger partial charge in [-0.25, -0.2) is 4.98 Å². The first-order chi connectivity index (χ1) is 18.7. The van der Waals surface area contributed by atoms with Crippen LogP contribution in [0.4, 0.5) is 0 Å². The molecule has 0 radical (unpaired) electrons. The molecule has 2 unspecified atom stereocenters. The molecular formula is C30H33Cl2N3O3S. The minimum absolute atomic E-state index is 0.0508. The molecule has 1 aromatic heterocycles. The first-order valence-corrected chi connectivity index (χ1v) is 14.9. The van der Waals surface area contributed by atoms with Crippen molar-refractivity contribution < 1.29 is 14.3 Å². The van der Waals surface area contributed by atoms with Gasteiger partial charge in [0.1, 0.15) is 10.3 Å². The zero-order valence-electron chi connectivity index (χ0n) is 22.4. The molecule has 5 rings (SSSR count). The lowest BCUT2D eigenvalue weighted by Gasteiger charge is -2.37. The van der Waals surface area contributed by atoms with Gasteiger partial charge in [0.15, 0.2) is 5.58 Å². The van der Waals surface area contributed by atoms with E-state index in [0.717, 1.165) is 42.6 Å². The van der Waals surface area contributed by atoms with Crippen molar-refractivity contribution in [2.75, 3.05) is 32.9 Å². The number of carbonyl (C=O) groups excluding carboxylic acids is 1. The Bertz CT molecular complexity index is 1430. The standard InChI is InChI=1S/C30H33Cl2N3O3S/c1-19-7-4-5-8-22(19)23-9-6-12-30(28(23)32,29-33-25-16-20(17-36)15-24(31)27(25)38-29)39-18-26(37)35(3)21-10-13-34(2)14-11-21/h4-9,12,15-16,21,28,36H,10-11,13-14,17-18H2,1-3H3. The quantitative estimate of drug-likeness (QED) is 0.342. The topological polar surface area (TPSA) is 69.8 Å². The number of nitrogens with zero attached hydrogens (tertiary/aromatic N) is 3. The van der Waals surface area contributed by atoms with Crippen molar-refractivity contribution in [2.45, 2.75) is 42.5 Å². The number of aliphatic hydroxyl groups excluding tert-OH is 1. The number of carbonyl (C=O) groups is 1. The maximum absolute atomic E-state index is 13.5. The summed E-state index contributed by atoms with van der Waals surface area (Å²) in [5, 5.41) is 9.47. The number of halogens is 2. The van der Waals surface area contributed by atoms with Gasteiger partial charge in [-0.05, 0) is 74.3 Å². The molecule has 2 atom stereocenters. The van der Waals surface area contributed by atoms with Crippen LogP contribution < -0.4 is 0 Å². The van der Waals surface area contributed by atoms with Gasteiger partial charge in [-0.2, -0.15) is 0 Å². The third-order valence-corrected chi connectivity index (χ3v) is 10.2. The van der Waals surface area contributed by atoms with Crippen LogP contribution in [0, 0.1) is 6.92 Å². The van der Waals surface area contributed by atoms with Crippen molar-refractivity contribution >= 4 is 57.5 Å². The smallest absolute Gasteiger partial charge is 0.232 e. The van der Waals surface area contributed by atoms with Gasteiger partial charge in [0.2, 0.25) is 11.8 Å². The third-order valence-electron chi connectivity index (χ3n) is 7.81. The van der Waals surface area contributed by atoms with E-state index in [-0.39, 0.29) is 24.3 Å². The van der Waals surface area contributed by atoms with Crippen LogP contribution in [0.5, 0.6) is 0 Å². The number of alkyl halides is 1. The Hall–Kier alpha value is -2.29. The summed E-state index contributed by atoms with van der Waals surface area (Å²) in [4.78, 5) is 22.5. The maximum atomic E-state index is 13.5. The van der Waals surface area contributed by atoms with Crippen molar-refractivity contribution in [3.05, 3.63) is 82.2 Å². The molecule has 0 saturated carbocycles. The van der Waals surface area contributed by atoms with E-state index in [1.165, 1.54) is 11.8 Å². The number of allylic oxidation sites excluding steroid dienone is 3. The van der Waals surface area contributed by atoms with Crippen LogP contribution in [0.2, 0.25) is 5.02 Å². The number of benzene rings is 2. The number of oxazole rings is 1. The summed E-state index contributed by atoms with van der Waals surface area (Å²) >= 11 is 15.3. The van der Waals surface area contributed by atoms with Crippen LogP contribution in [0.1, 0.15) is 35.4 Å². The summed E-state index contributed by atoms with van der Waals surface area (Å²) in [5.74, 6) is 0.644. The molecule has 1 aliphatic carbocycles. The average molecular weight is 587 g/mol. The molecule has 6 nitrogen and oxygen atoms in total. The zero-order valence-corrected chi connectivity index (χ0v) is 24.7. The van der Waals surface area contributed by atoms with Gasteiger partial charge in [-0.1, -0.05) is 54.1 Å². The molecule has 2 aliphatic rings. The molecule has 9 heteroatoms. The van der Waals surface area contributed by atoms with E-state index in [9.17, 15) is 9.90 Å². The minimum atomic E-state index is -0.959. The highest BCUT2D eigenvalue weighted by Crippen LogP contribution is 2.51. The Balaban J connectivity index is 1.51. The van der Waals surface area contributed by atoms with E-state index in [1.54, 1.807) is 12.1 Å². The molecule has 1 fully saturated rings. The lowest BCUT2D eigenvalue weighted by Crippen LogP contribution is -2.45. The number of amides is 1. The molecule has 206 valence electrons. The molecule has 1 aliphatic heterocycles. The molecule has 2 aromatic carbocycles. The summed E-state index contributed by atoms with van der Waals surface area (Å²) < 4.78 is 5.35. The zero-order chi connectivity index (χ0) is 27.7. The first kappa shape index (κ1) is 28.2. The summed E-state index contributed by atoms with van der Waals surface area (Å²) in [6, 6.07) is 11.8. The van der Waals surface area contributed by atoms with Gasteiger partial charge in [0, 0.05) is 13.1 Å². The van der Waals surface area contributed by atoms with E-state index in [1.807, 2.05) is 42.3 Å². The van der Waals surface area contributed by atoms with Crippen LogP contribution in [-0.4, -0.2) is 70.2 Å².